The van der Waals surface area contributed by atoms with Crippen molar-refractivity contribution in [1.29, 1.82) is 0 Å². The average Bonchev–Trinajstić information content (AvgIpc) is 2.98. The number of nitrogens with zero attached hydrogens (tertiary/aromatic N) is 3. The van der Waals surface area contributed by atoms with Gasteiger partial charge < -0.3 is 15.9 Å². The Morgan fingerprint density at radius 1 is 0.940 bits per heavy atom. The van der Waals surface area contributed by atoms with Crippen LogP contribution in [-0.2, 0) is 39.6 Å². The van der Waals surface area contributed by atoms with E-state index < -0.39 is 122 Å². The summed E-state index contributed by atoms with van der Waals surface area (Å²) < 4.78 is 150. The number of nitrogens with two attached hydrogens (primary N) is 1. The molecule has 0 bridgehead atoms. The lowest BCUT2D eigenvalue weighted by atomic mass is 9.80. The number of sulfone groups is 1. The normalized spacial score (nSPS) is 18.5. The Hall–Kier alpha value is -4.46. The molecule has 50 heavy (non-hydrogen) atoms. The molecule has 0 spiro atoms. The summed E-state index contributed by atoms with van der Waals surface area (Å²) in [6.07, 6.45) is -19.0. The minimum absolute atomic E-state index is 0.108. The number of aromatic nitrogens is 2. The van der Waals surface area contributed by atoms with Crippen molar-refractivity contribution in [3.8, 4) is 0 Å². The van der Waals surface area contributed by atoms with Gasteiger partial charge in [-0.05, 0) is 66.8 Å². The van der Waals surface area contributed by atoms with Gasteiger partial charge in [-0.3, -0.25) is 9.69 Å². The van der Waals surface area contributed by atoms with E-state index in [1.807, 2.05) is 0 Å². The molecular formula is C30H27F9N4O6S. The van der Waals surface area contributed by atoms with Crippen LogP contribution in [0.5, 0.6) is 0 Å². The number of carboxylic acids is 1. The van der Waals surface area contributed by atoms with Crippen molar-refractivity contribution in [3.63, 3.8) is 0 Å². The van der Waals surface area contributed by atoms with Gasteiger partial charge in [0.2, 0.25) is 0 Å². The molecule has 4 N–H and O–H groups in total. The molecule has 20 heteroatoms. The van der Waals surface area contributed by atoms with Crippen molar-refractivity contribution in [2.45, 2.75) is 74.0 Å². The molecule has 2 atom stereocenters. The Balaban J connectivity index is 1.98. The maximum Gasteiger partial charge on any atom is 0.416 e. The summed E-state index contributed by atoms with van der Waals surface area (Å²) >= 11 is 0. The smallest absolute Gasteiger partial charge is 0.416 e. The van der Waals surface area contributed by atoms with E-state index in [4.69, 9.17) is 10.8 Å². The predicted octanol–water partition coefficient (Wildman–Crippen LogP) is 6.85. The topological polar surface area (TPSA) is 164 Å². The van der Waals surface area contributed by atoms with Gasteiger partial charge in [0, 0.05) is 25.0 Å². The summed E-state index contributed by atoms with van der Waals surface area (Å²) in [5, 5.41) is 18.9. The van der Waals surface area contributed by atoms with Crippen LogP contribution in [0.2, 0.25) is 0 Å². The van der Waals surface area contributed by atoms with Gasteiger partial charge in [0.15, 0.2) is 9.84 Å². The average molecular weight is 743 g/mol. The van der Waals surface area contributed by atoms with Crippen LogP contribution in [0, 0.1) is 0 Å². The number of hydrogen-bond donors (Lipinski definition) is 3. The van der Waals surface area contributed by atoms with Crippen LogP contribution in [-0.4, -0.2) is 52.1 Å². The van der Waals surface area contributed by atoms with E-state index >= 15 is 0 Å². The van der Waals surface area contributed by atoms with Crippen molar-refractivity contribution in [3.05, 3.63) is 81.9 Å². The first kappa shape index (κ1) is 38.3. The van der Waals surface area contributed by atoms with Crippen LogP contribution in [0.25, 0.3) is 0 Å². The number of fused-ring (bicyclic) bond motifs is 1. The molecule has 2 aromatic carbocycles. The first-order chi connectivity index (χ1) is 22.9. The van der Waals surface area contributed by atoms with Crippen LogP contribution < -0.4 is 10.6 Å². The fourth-order valence-electron chi connectivity index (χ4n) is 5.65. The molecule has 1 aliphatic heterocycles. The number of alkyl halides is 9. The highest BCUT2D eigenvalue weighted by atomic mass is 32.2. The number of rotatable bonds is 9. The molecule has 1 amide bonds. The Bertz CT molecular complexity index is 1880. The molecule has 1 aromatic heterocycles. The molecule has 0 unspecified atom stereocenters. The number of benzene rings is 2. The number of anilines is 1. The van der Waals surface area contributed by atoms with E-state index in [0.717, 1.165) is 6.07 Å². The molecule has 0 saturated carbocycles. The van der Waals surface area contributed by atoms with Crippen molar-refractivity contribution in [2.75, 3.05) is 10.7 Å². The largest absolute Gasteiger partial charge is 0.481 e. The van der Waals surface area contributed by atoms with Gasteiger partial charge in [0.25, 0.3) is 0 Å². The summed E-state index contributed by atoms with van der Waals surface area (Å²) in [4.78, 5) is 31.3. The number of amides is 1. The highest BCUT2D eigenvalue weighted by molar-refractivity contribution is 7.91. The van der Waals surface area contributed by atoms with E-state index in [9.17, 15) is 62.6 Å². The van der Waals surface area contributed by atoms with Gasteiger partial charge in [-0.15, -0.1) is 0 Å². The van der Waals surface area contributed by atoms with E-state index in [-0.39, 0.29) is 23.7 Å². The van der Waals surface area contributed by atoms with Crippen LogP contribution in [0.15, 0.2) is 47.5 Å². The standard InChI is InChI=1S/C30H27F9N4O6S/c1-2-27(40)13-20(19-12-16(28(31,32)33)5-6-22(19)43(27)26(46)47)25-41-14-23(50(48,49)7-3-4-24(44)45)21(42-25)10-15-8-17(29(34,35)36)11-18(9-15)30(37,38)39/h5-6,8-9,11-12,14,20H,2-4,7,10,13,40H2,1H3,(H,44,45)(H,46,47)/t20-,27+/m0/s1. The van der Waals surface area contributed by atoms with Gasteiger partial charge in [-0.2, -0.15) is 39.5 Å². The highest BCUT2D eigenvalue weighted by Crippen LogP contribution is 2.47. The van der Waals surface area contributed by atoms with E-state index in [2.05, 4.69) is 9.97 Å². The van der Waals surface area contributed by atoms with Crippen LogP contribution in [0.1, 0.15) is 77.9 Å². The molecule has 3 aromatic rings. The summed E-state index contributed by atoms with van der Waals surface area (Å²) in [6.45, 7) is 1.48. The van der Waals surface area contributed by atoms with Gasteiger partial charge in [0.05, 0.1) is 33.8 Å². The third kappa shape index (κ3) is 8.11. The van der Waals surface area contributed by atoms with Gasteiger partial charge in [-0.25, -0.2) is 23.2 Å². The molecule has 0 aliphatic carbocycles. The number of carboxylic acid groups (broad SMARTS) is 2. The number of hydrogen-bond acceptors (Lipinski definition) is 7. The third-order valence-electron chi connectivity index (χ3n) is 8.10. The van der Waals surface area contributed by atoms with Gasteiger partial charge in [0.1, 0.15) is 16.4 Å². The summed E-state index contributed by atoms with van der Waals surface area (Å²) in [6, 6.07) is 2.63. The quantitative estimate of drug-likeness (QED) is 0.199. The van der Waals surface area contributed by atoms with Crippen LogP contribution >= 0.6 is 0 Å². The van der Waals surface area contributed by atoms with Gasteiger partial charge >= 0.3 is 30.6 Å². The van der Waals surface area contributed by atoms with Crippen molar-refractivity contribution in [2.24, 2.45) is 5.73 Å². The monoisotopic (exact) mass is 742 g/mol. The molecule has 0 radical (unpaired) electrons. The zero-order valence-electron chi connectivity index (χ0n) is 25.6. The lowest BCUT2D eigenvalue weighted by molar-refractivity contribution is -0.143. The molecule has 2 heterocycles. The molecular weight excluding hydrogens is 715 g/mol. The molecule has 0 saturated heterocycles. The second-order valence-electron chi connectivity index (χ2n) is 11.5. The zero-order chi connectivity index (χ0) is 37.6. The Morgan fingerprint density at radius 3 is 2.02 bits per heavy atom. The van der Waals surface area contributed by atoms with Crippen molar-refractivity contribution in [1.82, 2.24) is 9.97 Å². The van der Waals surface area contributed by atoms with E-state index in [0.29, 0.717) is 35.4 Å². The maximum atomic E-state index is 13.8. The lowest BCUT2D eigenvalue weighted by Gasteiger charge is -2.46. The number of halogens is 9. The summed E-state index contributed by atoms with van der Waals surface area (Å²) in [5.74, 6) is -4.05. The van der Waals surface area contributed by atoms with Crippen LogP contribution in [0.4, 0.5) is 50.0 Å². The zero-order valence-corrected chi connectivity index (χ0v) is 26.4. The molecule has 10 nitrogen and oxygen atoms in total. The second kappa shape index (κ2) is 13.3. The van der Waals surface area contributed by atoms with Crippen molar-refractivity contribution < 1.29 is 67.7 Å². The first-order valence-corrected chi connectivity index (χ1v) is 16.1. The third-order valence-corrected chi connectivity index (χ3v) is 9.93. The predicted molar refractivity (Wildman–Crippen MR) is 156 cm³/mol. The maximum absolute atomic E-state index is 13.8. The fourth-order valence-corrected chi connectivity index (χ4v) is 7.08. The Morgan fingerprint density at radius 2 is 1.52 bits per heavy atom. The number of carbonyl (C=O) groups is 2. The first-order valence-electron chi connectivity index (χ1n) is 14.5. The summed E-state index contributed by atoms with van der Waals surface area (Å²) in [7, 11) is -4.56. The molecule has 1 aliphatic rings. The minimum Gasteiger partial charge on any atom is -0.481 e. The summed E-state index contributed by atoms with van der Waals surface area (Å²) in [5.41, 5.74) is -1.95. The van der Waals surface area contributed by atoms with Crippen LogP contribution in [0.3, 0.4) is 0 Å². The van der Waals surface area contributed by atoms with Gasteiger partial charge in [-0.1, -0.05) is 6.92 Å². The Kier molecular flexibility index (Phi) is 10.2. The van der Waals surface area contributed by atoms with E-state index in [1.165, 1.54) is 6.92 Å². The van der Waals surface area contributed by atoms with E-state index in [1.54, 1.807) is 0 Å². The number of aliphatic carboxylic acids is 1. The lowest BCUT2D eigenvalue weighted by Crippen LogP contribution is -2.61. The van der Waals surface area contributed by atoms with Crippen molar-refractivity contribution >= 4 is 27.6 Å². The SMILES string of the molecule is CC[C@]1(N)C[C@H](c2ncc(S(=O)(=O)CCCC(=O)O)c(Cc3cc(C(F)(F)F)cc(C(F)(F)F)c3)n2)c2cc(C(F)(F)F)ccc2N1C(=O)O. The fraction of sp³-hybridized carbons (Fsp3) is 0.400. The highest BCUT2D eigenvalue weighted by Gasteiger charge is 2.47. The molecule has 272 valence electrons. The minimum atomic E-state index is -5.26. The second-order valence-corrected chi connectivity index (χ2v) is 13.6. The molecule has 4 rings (SSSR count). The Labute approximate surface area is 277 Å². The molecule has 0 fully saturated rings.